The number of thiazole rings is 1. The zero-order chi connectivity index (χ0) is 11.8. The van der Waals surface area contributed by atoms with Crippen molar-refractivity contribution < 1.29 is 4.79 Å². The molecule has 0 fully saturated rings. The molecular formula is C13H12N2OS. The zero-order valence-electron chi connectivity index (χ0n) is 9.56. The average Bonchev–Trinajstić information content (AvgIpc) is 2.75. The van der Waals surface area contributed by atoms with Crippen LogP contribution in [0.3, 0.4) is 0 Å². The summed E-state index contributed by atoms with van der Waals surface area (Å²) in [5, 5.41) is 0.949. The first-order chi connectivity index (χ1) is 8.25. The topological polar surface area (TPSA) is 42.9 Å². The van der Waals surface area contributed by atoms with Gasteiger partial charge in [0.05, 0.1) is 10.6 Å². The Hall–Kier alpha value is -1.55. The van der Waals surface area contributed by atoms with Gasteiger partial charge in [0.25, 0.3) is 0 Å². The Bertz CT molecular complexity index is 589. The van der Waals surface area contributed by atoms with Gasteiger partial charge in [0.2, 0.25) is 0 Å². The van der Waals surface area contributed by atoms with Gasteiger partial charge in [0, 0.05) is 24.4 Å². The summed E-state index contributed by atoms with van der Waals surface area (Å²) < 4.78 is 0. The second kappa shape index (κ2) is 4.04. The van der Waals surface area contributed by atoms with E-state index in [0.717, 1.165) is 39.5 Å². The van der Waals surface area contributed by atoms with Gasteiger partial charge in [-0.05, 0) is 31.4 Å². The van der Waals surface area contributed by atoms with Crippen molar-refractivity contribution in [1.82, 2.24) is 9.97 Å². The van der Waals surface area contributed by atoms with Crippen LogP contribution in [-0.2, 0) is 6.42 Å². The second-order valence-corrected chi connectivity index (χ2v) is 5.26. The Morgan fingerprint density at radius 1 is 1.35 bits per heavy atom. The molecule has 2 aromatic heterocycles. The van der Waals surface area contributed by atoms with Crippen LogP contribution < -0.4 is 0 Å². The number of aromatic nitrogens is 2. The highest BCUT2D eigenvalue weighted by Crippen LogP contribution is 2.33. The lowest BCUT2D eigenvalue weighted by Crippen LogP contribution is -2.07. The molecule has 0 bridgehead atoms. The minimum atomic E-state index is 0.252. The van der Waals surface area contributed by atoms with E-state index in [1.54, 1.807) is 6.20 Å². The summed E-state index contributed by atoms with van der Waals surface area (Å²) in [6.45, 7) is 2.02. The molecule has 0 aromatic carbocycles. The quantitative estimate of drug-likeness (QED) is 0.774. The summed E-state index contributed by atoms with van der Waals surface area (Å²) >= 11 is 1.52. The fraction of sp³-hybridized carbons (Fsp3) is 0.308. The third-order valence-electron chi connectivity index (χ3n) is 3.02. The first-order valence-corrected chi connectivity index (χ1v) is 6.51. The maximum absolute atomic E-state index is 11.8. The molecule has 0 aliphatic heterocycles. The lowest BCUT2D eigenvalue weighted by atomic mass is 10.0. The predicted molar refractivity (Wildman–Crippen MR) is 67.4 cm³/mol. The van der Waals surface area contributed by atoms with Crippen LogP contribution in [0.15, 0.2) is 18.5 Å². The molecule has 0 atom stereocenters. The third kappa shape index (κ3) is 1.78. The number of pyridine rings is 1. The van der Waals surface area contributed by atoms with Gasteiger partial charge in [-0.15, -0.1) is 11.3 Å². The summed E-state index contributed by atoms with van der Waals surface area (Å²) in [4.78, 5) is 21.3. The number of aryl methyl sites for hydroxylation is 2. The third-order valence-corrected chi connectivity index (χ3v) is 4.19. The number of Topliss-reactive ketones (excluding diaryl/α,β-unsaturated/α-hetero) is 1. The summed E-state index contributed by atoms with van der Waals surface area (Å²) in [7, 11) is 0. The van der Waals surface area contributed by atoms with Crippen LogP contribution in [0, 0.1) is 6.92 Å². The highest BCUT2D eigenvalue weighted by Gasteiger charge is 2.22. The van der Waals surface area contributed by atoms with Crippen LogP contribution in [0.5, 0.6) is 0 Å². The molecule has 0 amide bonds. The van der Waals surface area contributed by atoms with Crippen molar-refractivity contribution in [3.05, 3.63) is 34.6 Å². The number of rotatable bonds is 1. The Morgan fingerprint density at radius 3 is 3.00 bits per heavy atom. The maximum atomic E-state index is 11.8. The molecular weight excluding hydrogens is 232 g/mol. The smallest absolute Gasteiger partial charge is 0.174 e. The van der Waals surface area contributed by atoms with Crippen LogP contribution in [-0.4, -0.2) is 15.8 Å². The summed E-state index contributed by atoms with van der Waals surface area (Å²) in [5.41, 5.74) is 3.18. The molecule has 0 radical (unpaired) electrons. The van der Waals surface area contributed by atoms with Crippen molar-refractivity contribution in [1.29, 1.82) is 0 Å². The fourth-order valence-electron chi connectivity index (χ4n) is 2.10. The first kappa shape index (κ1) is 10.6. The molecule has 0 spiro atoms. The number of carbonyl (C=O) groups excluding carboxylic acids is 1. The molecule has 0 saturated carbocycles. The van der Waals surface area contributed by atoms with E-state index < -0.39 is 0 Å². The van der Waals surface area contributed by atoms with Gasteiger partial charge >= 0.3 is 0 Å². The second-order valence-electron chi connectivity index (χ2n) is 4.26. The van der Waals surface area contributed by atoms with E-state index in [1.807, 2.05) is 19.2 Å². The van der Waals surface area contributed by atoms with E-state index in [4.69, 9.17) is 0 Å². The molecule has 0 unspecified atom stereocenters. The molecule has 2 heterocycles. The number of hydrogen-bond donors (Lipinski definition) is 0. The van der Waals surface area contributed by atoms with E-state index in [9.17, 15) is 4.79 Å². The Morgan fingerprint density at radius 2 is 2.24 bits per heavy atom. The molecule has 0 saturated heterocycles. The molecule has 0 N–H and O–H groups in total. The fourth-order valence-corrected chi connectivity index (χ4v) is 3.27. The van der Waals surface area contributed by atoms with E-state index in [2.05, 4.69) is 9.97 Å². The van der Waals surface area contributed by atoms with Crippen molar-refractivity contribution >= 4 is 17.1 Å². The van der Waals surface area contributed by atoms with Crippen molar-refractivity contribution in [2.75, 3.05) is 0 Å². The van der Waals surface area contributed by atoms with Gasteiger partial charge < -0.3 is 0 Å². The van der Waals surface area contributed by atoms with Gasteiger partial charge in [-0.2, -0.15) is 0 Å². The molecule has 2 aromatic rings. The predicted octanol–water partition coefficient (Wildman–Crippen LogP) is 3.03. The molecule has 86 valence electrons. The van der Waals surface area contributed by atoms with Gasteiger partial charge in [0.15, 0.2) is 5.78 Å². The number of ketones is 1. The summed E-state index contributed by atoms with van der Waals surface area (Å²) in [6, 6.07) is 1.96. The maximum Gasteiger partial charge on any atom is 0.174 e. The van der Waals surface area contributed by atoms with E-state index >= 15 is 0 Å². The van der Waals surface area contributed by atoms with E-state index in [1.165, 1.54) is 11.3 Å². The highest BCUT2D eigenvalue weighted by atomic mass is 32.1. The molecule has 4 heteroatoms. The van der Waals surface area contributed by atoms with Crippen LogP contribution >= 0.6 is 11.3 Å². The van der Waals surface area contributed by atoms with Gasteiger partial charge in [-0.3, -0.25) is 9.78 Å². The van der Waals surface area contributed by atoms with Crippen molar-refractivity contribution in [3.8, 4) is 10.6 Å². The summed E-state index contributed by atoms with van der Waals surface area (Å²) in [6.07, 6.45) is 6.14. The number of carbonyl (C=O) groups is 1. The monoisotopic (exact) mass is 244 g/mol. The first-order valence-electron chi connectivity index (χ1n) is 5.69. The van der Waals surface area contributed by atoms with Crippen molar-refractivity contribution in [2.45, 2.75) is 26.2 Å². The van der Waals surface area contributed by atoms with Crippen LogP contribution in [0.25, 0.3) is 10.6 Å². The lowest BCUT2D eigenvalue weighted by Gasteiger charge is -2.06. The van der Waals surface area contributed by atoms with Crippen LogP contribution in [0.1, 0.15) is 33.8 Å². The molecule has 3 rings (SSSR count). The Balaban J connectivity index is 2.11. The largest absolute Gasteiger partial charge is 0.293 e. The van der Waals surface area contributed by atoms with Crippen LogP contribution in [0.2, 0.25) is 0 Å². The molecule has 1 aliphatic rings. The zero-order valence-corrected chi connectivity index (χ0v) is 10.4. The number of hydrogen-bond acceptors (Lipinski definition) is 4. The normalized spacial score (nSPS) is 14.8. The van der Waals surface area contributed by atoms with Crippen molar-refractivity contribution in [3.63, 3.8) is 0 Å². The van der Waals surface area contributed by atoms with Crippen molar-refractivity contribution in [2.24, 2.45) is 0 Å². The minimum absolute atomic E-state index is 0.252. The SMILES string of the molecule is Cc1cnccc1-c1nc2c(s1)C(=O)CCC2. The van der Waals surface area contributed by atoms with Gasteiger partial charge in [-0.1, -0.05) is 0 Å². The summed E-state index contributed by atoms with van der Waals surface area (Å²) in [5.74, 6) is 0.252. The lowest BCUT2D eigenvalue weighted by molar-refractivity contribution is 0.0976. The number of nitrogens with zero attached hydrogens (tertiary/aromatic N) is 2. The Labute approximate surface area is 104 Å². The van der Waals surface area contributed by atoms with E-state index in [0.29, 0.717) is 6.42 Å². The number of fused-ring (bicyclic) bond motifs is 1. The molecule has 3 nitrogen and oxygen atoms in total. The Kier molecular flexibility index (Phi) is 2.52. The van der Waals surface area contributed by atoms with Gasteiger partial charge in [-0.25, -0.2) is 4.98 Å². The molecule has 1 aliphatic carbocycles. The minimum Gasteiger partial charge on any atom is -0.293 e. The standard InChI is InChI=1S/C13H12N2OS/c1-8-7-14-6-5-9(8)13-15-10-3-2-4-11(16)12(10)17-13/h5-7H,2-4H2,1H3. The average molecular weight is 244 g/mol. The van der Waals surface area contributed by atoms with Gasteiger partial charge in [0.1, 0.15) is 5.01 Å². The van der Waals surface area contributed by atoms with Crippen LogP contribution in [0.4, 0.5) is 0 Å². The highest BCUT2D eigenvalue weighted by molar-refractivity contribution is 7.17. The van der Waals surface area contributed by atoms with E-state index in [-0.39, 0.29) is 5.78 Å². The molecule has 17 heavy (non-hydrogen) atoms.